The average Bonchev–Trinajstić information content (AvgIpc) is 2.48. The van der Waals surface area contributed by atoms with Crippen molar-refractivity contribution in [2.75, 3.05) is 19.4 Å². The summed E-state index contributed by atoms with van der Waals surface area (Å²) in [6.45, 7) is 0. The third-order valence-electron chi connectivity index (χ3n) is 2.73. The van der Waals surface area contributed by atoms with Gasteiger partial charge in [0.05, 0.1) is 5.56 Å². The first-order valence-corrected chi connectivity index (χ1v) is 6.42. The van der Waals surface area contributed by atoms with E-state index < -0.39 is 6.09 Å². The molecular weight excluding hydrogens is 268 g/mol. The van der Waals surface area contributed by atoms with Crippen LogP contribution in [0.15, 0.2) is 54.6 Å². The van der Waals surface area contributed by atoms with Crippen LogP contribution >= 0.6 is 0 Å². The Bertz CT molecular complexity index is 639. The molecule has 0 unspecified atom stereocenters. The molecule has 5 nitrogen and oxygen atoms in total. The Morgan fingerprint density at radius 1 is 0.952 bits per heavy atom. The van der Waals surface area contributed by atoms with E-state index in [1.165, 1.54) is 4.90 Å². The summed E-state index contributed by atoms with van der Waals surface area (Å²) in [6, 6.07) is 15.7. The normalized spacial score (nSPS) is 9.81. The van der Waals surface area contributed by atoms with Gasteiger partial charge in [0.25, 0.3) is 5.91 Å². The lowest BCUT2D eigenvalue weighted by molar-refractivity contribution is 0.102. The van der Waals surface area contributed by atoms with Crippen molar-refractivity contribution in [3.63, 3.8) is 0 Å². The maximum absolute atomic E-state index is 12.3. The number of amides is 2. The molecule has 108 valence electrons. The molecule has 0 heterocycles. The highest BCUT2D eigenvalue weighted by atomic mass is 16.6. The third-order valence-corrected chi connectivity index (χ3v) is 2.73. The van der Waals surface area contributed by atoms with Crippen LogP contribution in [0.3, 0.4) is 0 Å². The standard InChI is InChI=1S/C16H16N2O3/c1-18(2)16(20)21-14-11-7-6-10-13(14)15(19)17-12-8-4-3-5-9-12/h3-11H,1-2H3,(H,17,19). The number of nitrogens with zero attached hydrogens (tertiary/aromatic N) is 1. The molecule has 2 rings (SSSR count). The van der Waals surface area contributed by atoms with E-state index in [9.17, 15) is 9.59 Å². The van der Waals surface area contributed by atoms with Crippen molar-refractivity contribution in [3.8, 4) is 5.75 Å². The summed E-state index contributed by atoms with van der Waals surface area (Å²) in [4.78, 5) is 25.2. The Morgan fingerprint density at radius 2 is 1.57 bits per heavy atom. The molecule has 0 aromatic heterocycles. The van der Waals surface area contributed by atoms with E-state index in [2.05, 4.69) is 5.32 Å². The predicted molar refractivity (Wildman–Crippen MR) is 80.5 cm³/mol. The van der Waals surface area contributed by atoms with Crippen LogP contribution in [-0.4, -0.2) is 31.0 Å². The van der Waals surface area contributed by atoms with E-state index in [0.717, 1.165) is 0 Å². The largest absolute Gasteiger partial charge is 0.414 e. The van der Waals surface area contributed by atoms with E-state index in [1.807, 2.05) is 18.2 Å². The van der Waals surface area contributed by atoms with Gasteiger partial charge in [0, 0.05) is 19.8 Å². The van der Waals surface area contributed by atoms with Gasteiger partial charge in [-0.25, -0.2) is 4.79 Å². The highest BCUT2D eigenvalue weighted by molar-refractivity contribution is 6.06. The van der Waals surface area contributed by atoms with Crippen LogP contribution in [0.4, 0.5) is 10.5 Å². The second kappa shape index (κ2) is 6.56. The van der Waals surface area contributed by atoms with Crippen LogP contribution < -0.4 is 10.1 Å². The van der Waals surface area contributed by atoms with Crippen molar-refractivity contribution in [1.82, 2.24) is 4.90 Å². The second-order valence-electron chi connectivity index (χ2n) is 4.58. The fourth-order valence-corrected chi connectivity index (χ4v) is 1.65. The van der Waals surface area contributed by atoms with Gasteiger partial charge in [-0.05, 0) is 24.3 Å². The molecule has 2 amide bonds. The number of ether oxygens (including phenoxy) is 1. The number of carbonyl (C=O) groups excluding carboxylic acids is 2. The number of anilines is 1. The zero-order valence-electron chi connectivity index (χ0n) is 11.9. The molecule has 5 heteroatoms. The molecule has 1 N–H and O–H groups in total. The lowest BCUT2D eigenvalue weighted by Gasteiger charge is -2.13. The van der Waals surface area contributed by atoms with Crippen molar-refractivity contribution in [3.05, 3.63) is 60.2 Å². The minimum absolute atomic E-state index is 0.227. The Kier molecular flexibility index (Phi) is 4.56. The fraction of sp³-hybridized carbons (Fsp3) is 0.125. The predicted octanol–water partition coefficient (Wildman–Crippen LogP) is 3.00. The summed E-state index contributed by atoms with van der Waals surface area (Å²) < 4.78 is 5.19. The second-order valence-corrected chi connectivity index (χ2v) is 4.58. The van der Waals surface area contributed by atoms with Gasteiger partial charge in [-0.15, -0.1) is 0 Å². The lowest BCUT2D eigenvalue weighted by atomic mass is 10.2. The Morgan fingerprint density at radius 3 is 2.24 bits per heavy atom. The molecule has 0 fully saturated rings. The topological polar surface area (TPSA) is 58.6 Å². The number of para-hydroxylation sites is 2. The Hall–Kier alpha value is -2.82. The van der Waals surface area contributed by atoms with E-state index in [0.29, 0.717) is 11.3 Å². The summed E-state index contributed by atoms with van der Waals surface area (Å²) >= 11 is 0. The molecule has 0 saturated heterocycles. The van der Waals surface area contributed by atoms with Gasteiger partial charge < -0.3 is 15.0 Å². The van der Waals surface area contributed by atoms with Crippen LogP contribution in [0.2, 0.25) is 0 Å². The summed E-state index contributed by atoms with van der Waals surface area (Å²) in [5, 5.41) is 2.76. The molecular formula is C16H16N2O3. The fourth-order valence-electron chi connectivity index (χ4n) is 1.65. The Labute approximate surface area is 123 Å². The van der Waals surface area contributed by atoms with E-state index in [1.54, 1.807) is 50.5 Å². The van der Waals surface area contributed by atoms with Crippen LogP contribution in [-0.2, 0) is 0 Å². The first-order valence-electron chi connectivity index (χ1n) is 6.42. The molecule has 0 aliphatic rings. The smallest absolute Gasteiger partial charge is 0.409 e. The first-order chi connectivity index (χ1) is 10.1. The van der Waals surface area contributed by atoms with E-state index in [4.69, 9.17) is 4.74 Å². The number of hydrogen-bond acceptors (Lipinski definition) is 3. The molecule has 0 aliphatic heterocycles. The summed E-state index contributed by atoms with van der Waals surface area (Å²) in [6.07, 6.45) is -0.532. The summed E-state index contributed by atoms with van der Waals surface area (Å²) in [7, 11) is 3.16. The highest BCUT2D eigenvalue weighted by Gasteiger charge is 2.15. The maximum Gasteiger partial charge on any atom is 0.414 e. The van der Waals surface area contributed by atoms with Crippen molar-refractivity contribution in [1.29, 1.82) is 0 Å². The third kappa shape index (κ3) is 3.82. The SMILES string of the molecule is CN(C)C(=O)Oc1ccccc1C(=O)Nc1ccccc1. The van der Waals surface area contributed by atoms with Crippen LogP contribution in [0.5, 0.6) is 5.75 Å². The molecule has 21 heavy (non-hydrogen) atoms. The van der Waals surface area contributed by atoms with Gasteiger partial charge in [0.2, 0.25) is 0 Å². The molecule has 0 spiro atoms. The molecule has 0 saturated carbocycles. The molecule has 0 radical (unpaired) electrons. The summed E-state index contributed by atoms with van der Waals surface area (Å²) in [5.74, 6) is -0.104. The zero-order valence-corrected chi connectivity index (χ0v) is 11.9. The maximum atomic E-state index is 12.3. The van der Waals surface area contributed by atoms with Crippen LogP contribution in [0, 0.1) is 0 Å². The molecule has 0 aliphatic carbocycles. The van der Waals surface area contributed by atoms with Crippen LogP contribution in [0.25, 0.3) is 0 Å². The number of nitrogens with one attached hydrogen (secondary N) is 1. The average molecular weight is 284 g/mol. The van der Waals surface area contributed by atoms with Crippen molar-refractivity contribution >= 4 is 17.7 Å². The molecule has 0 atom stereocenters. The van der Waals surface area contributed by atoms with Gasteiger partial charge >= 0.3 is 6.09 Å². The first kappa shape index (κ1) is 14.6. The van der Waals surface area contributed by atoms with Gasteiger partial charge in [0.1, 0.15) is 5.75 Å². The van der Waals surface area contributed by atoms with Gasteiger partial charge in [0.15, 0.2) is 0 Å². The number of rotatable bonds is 3. The summed E-state index contributed by atoms with van der Waals surface area (Å²) in [5.41, 5.74) is 0.979. The molecule has 2 aromatic carbocycles. The van der Waals surface area contributed by atoms with Crippen molar-refractivity contribution < 1.29 is 14.3 Å². The van der Waals surface area contributed by atoms with Gasteiger partial charge in [-0.3, -0.25) is 4.79 Å². The highest BCUT2D eigenvalue weighted by Crippen LogP contribution is 2.20. The van der Waals surface area contributed by atoms with Crippen molar-refractivity contribution in [2.24, 2.45) is 0 Å². The minimum Gasteiger partial charge on any atom is -0.409 e. The number of benzene rings is 2. The number of hydrogen-bond donors (Lipinski definition) is 1. The van der Waals surface area contributed by atoms with Gasteiger partial charge in [-0.2, -0.15) is 0 Å². The monoisotopic (exact) mass is 284 g/mol. The molecule has 0 bridgehead atoms. The lowest BCUT2D eigenvalue weighted by Crippen LogP contribution is -2.26. The van der Waals surface area contributed by atoms with E-state index in [-0.39, 0.29) is 11.7 Å². The van der Waals surface area contributed by atoms with Gasteiger partial charge in [-0.1, -0.05) is 30.3 Å². The van der Waals surface area contributed by atoms with Crippen molar-refractivity contribution in [2.45, 2.75) is 0 Å². The number of carbonyl (C=O) groups is 2. The quantitative estimate of drug-likeness (QED) is 0.942. The minimum atomic E-state index is -0.532. The Balaban J connectivity index is 2.19. The van der Waals surface area contributed by atoms with Crippen LogP contribution in [0.1, 0.15) is 10.4 Å². The van der Waals surface area contributed by atoms with E-state index >= 15 is 0 Å². The zero-order chi connectivity index (χ0) is 15.2. The molecule has 2 aromatic rings.